The molecule has 1 aliphatic rings. The molecular weight excluding hydrogens is 216 g/mol. The highest BCUT2D eigenvalue weighted by atomic mass is 16.5. The molecule has 1 aromatic heterocycles. The van der Waals surface area contributed by atoms with Gasteiger partial charge in [-0.05, 0) is 26.0 Å². The maximum Gasteiger partial charge on any atom is 0.213 e. The van der Waals surface area contributed by atoms with Crippen LogP contribution >= 0.6 is 0 Å². The molecule has 1 saturated carbocycles. The highest BCUT2D eigenvalue weighted by Gasteiger charge is 2.25. The fourth-order valence-electron chi connectivity index (χ4n) is 1.64. The molecule has 1 fully saturated rings. The first-order chi connectivity index (χ1) is 8.16. The van der Waals surface area contributed by atoms with E-state index in [1.165, 1.54) is 12.8 Å². The first-order valence-corrected chi connectivity index (χ1v) is 5.81. The summed E-state index contributed by atoms with van der Waals surface area (Å²) in [6.45, 7) is 1.51. The van der Waals surface area contributed by atoms with Gasteiger partial charge in [-0.1, -0.05) is 6.07 Å². The second kappa shape index (κ2) is 5.14. The van der Waals surface area contributed by atoms with Crippen molar-refractivity contribution >= 4 is 5.84 Å². The summed E-state index contributed by atoms with van der Waals surface area (Å²) in [4.78, 5) is 6.44. The Morgan fingerprint density at radius 3 is 3.00 bits per heavy atom. The van der Waals surface area contributed by atoms with Crippen molar-refractivity contribution in [3.8, 4) is 5.88 Å². The van der Waals surface area contributed by atoms with Crippen LogP contribution in [-0.2, 0) is 0 Å². The number of nitrogen functional groups attached to an aromatic ring is 1. The van der Waals surface area contributed by atoms with Crippen LogP contribution in [0.4, 0.5) is 0 Å². The Bertz CT molecular complexity index is 403. The summed E-state index contributed by atoms with van der Waals surface area (Å²) in [5.74, 6) is 0.493. The Hall–Kier alpha value is -1.62. The van der Waals surface area contributed by atoms with Crippen LogP contribution in [0.3, 0.4) is 0 Å². The van der Waals surface area contributed by atoms with E-state index in [1.807, 2.05) is 0 Å². The summed E-state index contributed by atoms with van der Waals surface area (Å²) in [5.41, 5.74) is 5.82. The van der Waals surface area contributed by atoms with E-state index in [0.717, 1.165) is 12.6 Å². The number of nitrogens with one attached hydrogen (secondary N) is 1. The fraction of sp³-hybridized carbons (Fsp3) is 0.500. The molecule has 5 heteroatoms. The largest absolute Gasteiger partial charge is 0.476 e. The number of hydrogen-bond donors (Lipinski definition) is 2. The van der Waals surface area contributed by atoms with E-state index in [1.54, 1.807) is 18.2 Å². The third-order valence-corrected chi connectivity index (χ3v) is 2.86. The van der Waals surface area contributed by atoms with E-state index in [9.17, 15) is 0 Å². The Morgan fingerprint density at radius 1 is 1.59 bits per heavy atom. The van der Waals surface area contributed by atoms with Crippen molar-refractivity contribution in [2.75, 3.05) is 20.2 Å². The molecule has 0 radical (unpaired) electrons. The predicted octanol–water partition coefficient (Wildman–Crippen LogP) is 0.839. The van der Waals surface area contributed by atoms with E-state index in [2.05, 4.69) is 16.9 Å². The molecule has 1 aromatic rings. The van der Waals surface area contributed by atoms with Crippen molar-refractivity contribution in [1.29, 1.82) is 5.41 Å². The molecule has 2 rings (SSSR count). The van der Waals surface area contributed by atoms with Crippen LogP contribution in [0.25, 0.3) is 0 Å². The second-order valence-electron chi connectivity index (χ2n) is 4.33. The molecule has 1 heterocycles. The highest BCUT2D eigenvalue weighted by Crippen LogP contribution is 2.24. The number of aromatic nitrogens is 1. The molecule has 0 unspecified atom stereocenters. The van der Waals surface area contributed by atoms with Gasteiger partial charge in [0.25, 0.3) is 0 Å². The number of amidine groups is 1. The first-order valence-electron chi connectivity index (χ1n) is 5.81. The van der Waals surface area contributed by atoms with Crippen LogP contribution < -0.4 is 10.5 Å². The Balaban J connectivity index is 1.81. The van der Waals surface area contributed by atoms with Crippen molar-refractivity contribution in [1.82, 2.24) is 9.88 Å². The molecule has 17 heavy (non-hydrogen) atoms. The zero-order valence-corrected chi connectivity index (χ0v) is 10.0. The standard InChI is InChI=1S/C12H18N4O/c1-16(9-5-6-9)7-8-17-11-4-2-3-10(15-11)12(13)14/h2-4,9H,5-8H2,1H3,(H3,13,14). The van der Waals surface area contributed by atoms with Gasteiger partial charge in [-0.15, -0.1) is 0 Å². The Morgan fingerprint density at radius 2 is 2.35 bits per heavy atom. The normalized spacial score (nSPS) is 14.9. The molecule has 0 amide bonds. The van der Waals surface area contributed by atoms with Crippen molar-refractivity contribution in [2.24, 2.45) is 5.73 Å². The average molecular weight is 234 g/mol. The van der Waals surface area contributed by atoms with E-state index in [4.69, 9.17) is 15.9 Å². The minimum absolute atomic E-state index is 0.0365. The molecular formula is C12H18N4O. The molecule has 0 atom stereocenters. The van der Waals surface area contributed by atoms with Crippen LogP contribution in [0, 0.1) is 5.41 Å². The zero-order valence-electron chi connectivity index (χ0n) is 10.0. The highest BCUT2D eigenvalue weighted by molar-refractivity contribution is 5.93. The van der Waals surface area contributed by atoms with Crippen LogP contribution in [0.2, 0.25) is 0 Å². The minimum atomic E-state index is -0.0365. The lowest BCUT2D eigenvalue weighted by atomic mass is 10.3. The van der Waals surface area contributed by atoms with E-state index >= 15 is 0 Å². The number of pyridine rings is 1. The number of nitrogens with two attached hydrogens (primary N) is 1. The summed E-state index contributed by atoms with van der Waals surface area (Å²) < 4.78 is 5.54. The zero-order chi connectivity index (χ0) is 12.3. The quantitative estimate of drug-likeness (QED) is 0.565. The van der Waals surface area contributed by atoms with Gasteiger partial charge in [0.2, 0.25) is 5.88 Å². The molecule has 5 nitrogen and oxygen atoms in total. The predicted molar refractivity (Wildman–Crippen MR) is 66.4 cm³/mol. The van der Waals surface area contributed by atoms with Crippen molar-refractivity contribution in [3.05, 3.63) is 23.9 Å². The Labute approximate surface area is 101 Å². The molecule has 0 aromatic carbocycles. The van der Waals surface area contributed by atoms with Crippen LogP contribution in [0.5, 0.6) is 5.88 Å². The number of hydrogen-bond acceptors (Lipinski definition) is 4. The Kier molecular flexibility index (Phi) is 3.58. The van der Waals surface area contributed by atoms with Gasteiger partial charge in [0.05, 0.1) is 0 Å². The van der Waals surface area contributed by atoms with Crippen molar-refractivity contribution < 1.29 is 4.74 Å². The van der Waals surface area contributed by atoms with E-state index < -0.39 is 0 Å². The summed E-state index contributed by atoms with van der Waals surface area (Å²) in [7, 11) is 2.11. The minimum Gasteiger partial charge on any atom is -0.476 e. The van der Waals surface area contributed by atoms with Crippen molar-refractivity contribution in [2.45, 2.75) is 18.9 Å². The lowest BCUT2D eigenvalue weighted by Gasteiger charge is -2.15. The molecule has 1 aliphatic carbocycles. The van der Waals surface area contributed by atoms with E-state index in [-0.39, 0.29) is 5.84 Å². The monoisotopic (exact) mass is 234 g/mol. The summed E-state index contributed by atoms with van der Waals surface area (Å²) in [5, 5.41) is 7.29. The lowest BCUT2D eigenvalue weighted by molar-refractivity contribution is 0.226. The molecule has 3 N–H and O–H groups in total. The molecule has 0 saturated heterocycles. The topological polar surface area (TPSA) is 75.2 Å². The second-order valence-corrected chi connectivity index (χ2v) is 4.33. The van der Waals surface area contributed by atoms with Gasteiger partial charge in [0, 0.05) is 18.7 Å². The SMILES string of the molecule is CN(CCOc1cccc(C(=N)N)n1)C1CC1. The molecule has 0 spiro atoms. The van der Waals surface area contributed by atoms with Gasteiger partial charge < -0.3 is 15.4 Å². The average Bonchev–Trinajstić information content (AvgIpc) is 3.13. The van der Waals surface area contributed by atoms with Gasteiger partial charge in [-0.3, -0.25) is 5.41 Å². The maximum absolute atomic E-state index is 7.29. The van der Waals surface area contributed by atoms with Gasteiger partial charge >= 0.3 is 0 Å². The van der Waals surface area contributed by atoms with Crippen LogP contribution in [0.15, 0.2) is 18.2 Å². The van der Waals surface area contributed by atoms with E-state index in [0.29, 0.717) is 18.2 Å². The molecule has 0 aliphatic heterocycles. The van der Waals surface area contributed by atoms with Gasteiger partial charge in [-0.2, -0.15) is 0 Å². The van der Waals surface area contributed by atoms with Crippen LogP contribution in [0.1, 0.15) is 18.5 Å². The summed E-state index contributed by atoms with van der Waals surface area (Å²) >= 11 is 0. The summed E-state index contributed by atoms with van der Waals surface area (Å²) in [6, 6.07) is 6.02. The summed E-state index contributed by atoms with van der Waals surface area (Å²) in [6.07, 6.45) is 2.60. The smallest absolute Gasteiger partial charge is 0.213 e. The van der Waals surface area contributed by atoms with Crippen LogP contribution in [-0.4, -0.2) is 42.0 Å². The first kappa shape index (κ1) is 11.9. The number of ether oxygens (including phenoxy) is 1. The fourth-order valence-corrected chi connectivity index (χ4v) is 1.64. The third kappa shape index (κ3) is 3.42. The van der Waals surface area contributed by atoms with Gasteiger partial charge in [0.1, 0.15) is 18.1 Å². The van der Waals surface area contributed by atoms with Gasteiger partial charge in [-0.25, -0.2) is 4.98 Å². The molecule has 92 valence electrons. The number of likely N-dealkylation sites (N-methyl/N-ethyl adjacent to an activating group) is 1. The number of nitrogens with zero attached hydrogens (tertiary/aromatic N) is 2. The van der Waals surface area contributed by atoms with Gasteiger partial charge in [0.15, 0.2) is 0 Å². The molecule has 0 bridgehead atoms. The lowest BCUT2D eigenvalue weighted by Crippen LogP contribution is -2.26. The maximum atomic E-state index is 7.29. The third-order valence-electron chi connectivity index (χ3n) is 2.86. The number of rotatable bonds is 6. The van der Waals surface area contributed by atoms with Crippen molar-refractivity contribution in [3.63, 3.8) is 0 Å².